The Kier molecular flexibility index (Phi) is 3.50. The Labute approximate surface area is 85.8 Å². The van der Waals surface area contributed by atoms with E-state index in [-0.39, 0.29) is 0 Å². The zero-order chi connectivity index (χ0) is 9.64. The van der Waals surface area contributed by atoms with Gasteiger partial charge in [0.15, 0.2) is 0 Å². The minimum Gasteiger partial charge on any atom is -0.156 e. The summed E-state index contributed by atoms with van der Waals surface area (Å²) in [6.45, 7) is 0. The lowest BCUT2D eigenvalue weighted by Crippen LogP contribution is -1.90. The van der Waals surface area contributed by atoms with Crippen LogP contribution in [0.25, 0.3) is 0 Å². The molecule has 0 aromatic rings. The molecule has 0 N–H and O–H groups in total. The SMILES string of the molecule is C1=C(N=NC2=CCCCC2)CCCC1. The van der Waals surface area contributed by atoms with Crippen molar-refractivity contribution in [3.05, 3.63) is 23.5 Å². The van der Waals surface area contributed by atoms with Crippen molar-refractivity contribution in [1.29, 1.82) is 0 Å². The molecule has 0 aromatic heterocycles. The second-order valence-electron chi connectivity index (χ2n) is 4.08. The number of allylic oxidation sites excluding steroid dienone is 4. The maximum atomic E-state index is 4.32. The maximum Gasteiger partial charge on any atom is 0.0590 e. The minimum atomic E-state index is 1.12. The van der Waals surface area contributed by atoms with Crippen molar-refractivity contribution < 1.29 is 0 Å². The highest BCUT2D eigenvalue weighted by Gasteiger charge is 2.04. The third-order valence-electron chi connectivity index (χ3n) is 2.84. The van der Waals surface area contributed by atoms with Gasteiger partial charge in [-0.25, -0.2) is 0 Å². The van der Waals surface area contributed by atoms with E-state index in [1.54, 1.807) is 0 Å². The van der Waals surface area contributed by atoms with Crippen molar-refractivity contribution in [1.82, 2.24) is 0 Å². The normalized spacial score (nSPS) is 23.4. The molecule has 0 spiro atoms. The quantitative estimate of drug-likeness (QED) is 0.578. The van der Waals surface area contributed by atoms with Gasteiger partial charge in [-0.3, -0.25) is 0 Å². The predicted octanol–water partition coefficient (Wildman–Crippen LogP) is 4.35. The molecular weight excluding hydrogens is 172 g/mol. The molecule has 0 atom stereocenters. The first-order chi connectivity index (χ1) is 6.95. The van der Waals surface area contributed by atoms with Crippen LogP contribution in [0.2, 0.25) is 0 Å². The van der Waals surface area contributed by atoms with E-state index in [4.69, 9.17) is 0 Å². The van der Waals surface area contributed by atoms with E-state index < -0.39 is 0 Å². The fraction of sp³-hybridized carbons (Fsp3) is 0.667. The molecule has 14 heavy (non-hydrogen) atoms. The Morgan fingerprint density at radius 1 is 0.714 bits per heavy atom. The topological polar surface area (TPSA) is 24.7 Å². The molecule has 0 aromatic carbocycles. The van der Waals surface area contributed by atoms with Crippen LogP contribution >= 0.6 is 0 Å². The third-order valence-corrected chi connectivity index (χ3v) is 2.84. The summed E-state index contributed by atoms with van der Waals surface area (Å²) >= 11 is 0. The summed E-state index contributed by atoms with van der Waals surface area (Å²) in [6.07, 6.45) is 14.3. The third kappa shape index (κ3) is 2.79. The number of nitrogens with zero attached hydrogens (tertiary/aromatic N) is 2. The largest absolute Gasteiger partial charge is 0.156 e. The average molecular weight is 190 g/mol. The van der Waals surface area contributed by atoms with E-state index in [9.17, 15) is 0 Å². The van der Waals surface area contributed by atoms with Gasteiger partial charge in [-0.05, 0) is 51.4 Å². The zero-order valence-electron chi connectivity index (χ0n) is 8.71. The molecule has 0 saturated carbocycles. The van der Waals surface area contributed by atoms with Crippen molar-refractivity contribution in [2.24, 2.45) is 10.2 Å². The van der Waals surface area contributed by atoms with Crippen LogP contribution in [0.15, 0.2) is 33.8 Å². The molecule has 2 rings (SSSR count). The Bertz CT molecular complexity index is 246. The number of hydrogen-bond acceptors (Lipinski definition) is 2. The first-order valence-corrected chi connectivity index (χ1v) is 5.75. The number of azo groups is 1. The van der Waals surface area contributed by atoms with E-state index in [1.165, 1.54) is 49.9 Å². The predicted molar refractivity (Wildman–Crippen MR) is 58.0 cm³/mol. The average Bonchev–Trinajstić information content (AvgIpc) is 2.29. The lowest BCUT2D eigenvalue weighted by Gasteiger charge is -2.09. The van der Waals surface area contributed by atoms with E-state index in [1.807, 2.05) is 0 Å². The summed E-state index contributed by atoms with van der Waals surface area (Å²) in [5.74, 6) is 0. The fourth-order valence-corrected chi connectivity index (χ4v) is 1.95. The van der Waals surface area contributed by atoms with Gasteiger partial charge in [-0.1, -0.05) is 12.2 Å². The van der Waals surface area contributed by atoms with Crippen LogP contribution in [0.3, 0.4) is 0 Å². The lowest BCUT2D eigenvalue weighted by molar-refractivity contribution is 0.669. The fourth-order valence-electron chi connectivity index (χ4n) is 1.95. The Morgan fingerprint density at radius 2 is 1.21 bits per heavy atom. The highest BCUT2D eigenvalue weighted by atomic mass is 15.1. The van der Waals surface area contributed by atoms with Crippen LogP contribution in [0.4, 0.5) is 0 Å². The van der Waals surface area contributed by atoms with Crippen molar-refractivity contribution in [3.63, 3.8) is 0 Å². The smallest absolute Gasteiger partial charge is 0.0590 e. The highest BCUT2D eigenvalue weighted by molar-refractivity contribution is 5.06. The highest BCUT2D eigenvalue weighted by Crippen LogP contribution is 2.22. The summed E-state index contributed by atoms with van der Waals surface area (Å²) in [5, 5.41) is 8.65. The first-order valence-electron chi connectivity index (χ1n) is 5.75. The molecule has 0 saturated heterocycles. The summed E-state index contributed by atoms with van der Waals surface area (Å²) in [7, 11) is 0. The van der Waals surface area contributed by atoms with Gasteiger partial charge in [0.25, 0.3) is 0 Å². The minimum absolute atomic E-state index is 1.12. The van der Waals surface area contributed by atoms with Crippen LogP contribution in [-0.2, 0) is 0 Å². The van der Waals surface area contributed by atoms with Crippen molar-refractivity contribution in [3.8, 4) is 0 Å². The summed E-state index contributed by atoms with van der Waals surface area (Å²) < 4.78 is 0. The molecule has 0 radical (unpaired) electrons. The van der Waals surface area contributed by atoms with E-state index in [0.29, 0.717) is 0 Å². The molecule has 2 aliphatic rings. The van der Waals surface area contributed by atoms with Crippen LogP contribution in [-0.4, -0.2) is 0 Å². The lowest BCUT2D eigenvalue weighted by atomic mass is 10.1. The van der Waals surface area contributed by atoms with E-state index >= 15 is 0 Å². The molecule has 0 fully saturated rings. The summed E-state index contributed by atoms with van der Waals surface area (Å²) in [4.78, 5) is 0. The molecule has 2 aliphatic carbocycles. The van der Waals surface area contributed by atoms with Gasteiger partial charge in [0.1, 0.15) is 0 Å². The first kappa shape index (κ1) is 9.63. The van der Waals surface area contributed by atoms with Crippen LogP contribution in [0, 0.1) is 0 Å². The van der Waals surface area contributed by atoms with Gasteiger partial charge in [-0.2, -0.15) is 10.2 Å². The second-order valence-corrected chi connectivity index (χ2v) is 4.08. The Balaban J connectivity index is 1.91. The van der Waals surface area contributed by atoms with Crippen molar-refractivity contribution in [2.75, 3.05) is 0 Å². The molecule has 0 aliphatic heterocycles. The van der Waals surface area contributed by atoms with Gasteiger partial charge < -0.3 is 0 Å². The van der Waals surface area contributed by atoms with Crippen LogP contribution in [0.5, 0.6) is 0 Å². The van der Waals surface area contributed by atoms with Crippen molar-refractivity contribution >= 4 is 0 Å². The maximum absolute atomic E-state index is 4.32. The molecule has 76 valence electrons. The van der Waals surface area contributed by atoms with Gasteiger partial charge in [0.05, 0.1) is 11.4 Å². The summed E-state index contributed by atoms with van der Waals surface area (Å²) in [5.41, 5.74) is 2.39. The van der Waals surface area contributed by atoms with Crippen LogP contribution < -0.4 is 0 Å². The number of rotatable bonds is 2. The Morgan fingerprint density at radius 3 is 1.57 bits per heavy atom. The number of hydrogen-bond donors (Lipinski definition) is 0. The molecule has 0 amide bonds. The van der Waals surface area contributed by atoms with Gasteiger partial charge in [-0.15, -0.1) is 0 Å². The molecule has 0 bridgehead atoms. The molecular formula is C12H18N2. The van der Waals surface area contributed by atoms with Crippen molar-refractivity contribution in [2.45, 2.75) is 51.4 Å². The Hall–Kier alpha value is -0.920. The molecule has 2 heteroatoms. The van der Waals surface area contributed by atoms with Gasteiger partial charge in [0.2, 0.25) is 0 Å². The molecule has 0 heterocycles. The van der Waals surface area contributed by atoms with Gasteiger partial charge in [0, 0.05) is 0 Å². The van der Waals surface area contributed by atoms with E-state index in [2.05, 4.69) is 22.4 Å². The molecule has 2 nitrogen and oxygen atoms in total. The summed E-state index contributed by atoms with van der Waals surface area (Å²) in [6, 6.07) is 0. The second kappa shape index (κ2) is 5.08. The van der Waals surface area contributed by atoms with E-state index in [0.717, 1.165) is 12.8 Å². The molecule has 0 unspecified atom stereocenters. The zero-order valence-corrected chi connectivity index (χ0v) is 8.71. The van der Waals surface area contributed by atoms with Crippen LogP contribution in [0.1, 0.15) is 51.4 Å². The van der Waals surface area contributed by atoms with Gasteiger partial charge >= 0.3 is 0 Å². The monoisotopic (exact) mass is 190 g/mol. The standard InChI is InChI=1S/C12H18N2/c1-3-7-11(8-4-1)13-14-12-9-5-2-6-10-12/h7,9H,1-6,8,10H2.